The summed E-state index contributed by atoms with van der Waals surface area (Å²) in [5.41, 5.74) is 0.00129. The van der Waals surface area contributed by atoms with Crippen molar-refractivity contribution in [2.45, 2.75) is 97.7 Å². The molecule has 2 unspecified atom stereocenters. The average Bonchev–Trinajstić information content (AvgIpc) is 3.54. The van der Waals surface area contributed by atoms with Crippen molar-refractivity contribution >= 4 is 33.5 Å². The van der Waals surface area contributed by atoms with E-state index in [1.165, 1.54) is 10.7 Å². The molecule has 11 heteroatoms. The summed E-state index contributed by atoms with van der Waals surface area (Å²) in [6.45, 7) is 16.6. The molecule has 2 saturated heterocycles. The van der Waals surface area contributed by atoms with Gasteiger partial charge in [0, 0.05) is 37.3 Å². The number of carbonyl (C=O) groups is 2. The van der Waals surface area contributed by atoms with Crippen LogP contribution in [0, 0.1) is 17.3 Å². The molecule has 0 bridgehead atoms. The molecule has 0 radical (unpaired) electrons. The Hall–Kier alpha value is -2.95. The van der Waals surface area contributed by atoms with E-state index in [0.717, 1.165) is 32.1 Å². The Kier molecular flexibility index (Phi) is 8.36. The minimum Gasteiger partial charge on any atom is -0.350 e. The lowest BCUT2D eigenvalue weighted by Crippen LogP contribution is -2.41. The van der Waals surface area contributed by atoms with Crippen LogP contribution in [0.1, 0.15) is 90.9 Å². The number of hydrogen-bond donors (Lipinski definition) is 1. The Morgan fingerprint density at radius 2 is 1.93 bits per heavy atom. The first-order valence-corrected chi connectivity index (χ1v) is 15.8. The average molecular weight is 573 g/mol. The van der Waals surface area contributed by atoms with E-state index in [1.807, 2.05) is 6.92 Å². The predicted octanol–water partition coefficient (Wildman–Crippen LogP) is 4.61. The lowest BCUT2D eigenvalue weighted by molar-refractivity contribution is -0.120. The Morgan fingerprint density at radius 1 is 1.20 bits per heavy atom. The second-order valence-corrected chi connectivity index (χ2v) is 14.8. The fraction of sp³-hybridized carbons (Fsp3) is 0.655. The summed E-state index contributed by atoms with van der Waals surface area (Å²) >= 11 is 0. The number of pyridine rings is 1. The van der Waals surface area contributed by atoms with Crippen LogP contribution in [0.4, 0.5) is 11.6 Å². The van der Waals surface area contributed by atoms with Gasteiger partial charge in [0.05, 0.1) is 5.56 Å². The quantitative estimate of drug-likeness (QED) is 0.466. The maximum atomic E-state index is 13.5. The molecule has 2 fully saturated rings. The number of aryl methyl sites for hydroxylation is 1. The number of nitrogens with zero attached hydrogens (tertiary/aromatic N) is 5. The summed E-state index contributed by atoms with van der Waals surface area (Å²) in [6.07, 6.45) is 5.83. The Bertz CT molecular complexity index is 1360. The number of amides is 2. The zero-order valence-corrected chi connectivity index (χ0v) is 25.7. The van der Waals surface area contributed by atoms with Crippen molar-refractivity contribution in [2.75, 3.05) is 22.9 Å². The van der Waals surface area contributed by atoms with Crippen molar-refractivity contribution < 1.29 is 18.0 Å². The normalized spacial score (nSPS) is 21.3. The molecule has 2 aromatic heterocycles. The number of nitrogens with one attached hydrogen (secondary N) is 1. The fourth-order valence-electron chi connectivity index (χ4n) is 5.84. The van der Waals surface area contributed by atoms with Gasteiger partial charge in [-0.15, -0.1) is 0 Å². The molecule has 2 aliphatic heterocycles. The topological polar surface area (TPSA) is 117 Å². The third-order valence-electron chi connectivity index (χ3n) is 7.84. The van der Waals surface area contributed by atoms with Crippen LogP contribution in [0.3, 0.4) is 0 Å². The number of carbonyl (C=O) groups excluding carboxylic acids is 2. The molecule has 0 aliphatic carbocycles. The van der Waals surface area contributed by atoms with E-state index in [-0.39, 0.29) is 33.4 Å². The van der Waals surface area contributed by atoms with E-state index in [4.69, 9.17) is 4.98 Å². The van der Waals surface area contributed by atoms with Crippen molar-refractivity contribution in [2.24, 2.45) is 17.3 Å². The summed E-state index contributed by atoms with van der Waals surface area (Å²) in [7, 11) is -4.19. The first-order chi connectivity index (χ1) is 18.6. The van der Waals surface area contributed by atoms with Gasteiger partial charge >= 0.3 is 0 Å². The molecule has 0 spiro atoms. The summed E-state index contributed by atoms with van der Waals surface area (Å²) in [5, 5.41) is 3.90. The van der Waals surface area contributed by atoms with Gasteiger partial charge in [0.2, 0.25) is 5.91 Å². The van der Waals surface area contributed by atoms with Gasteiger partial charge in [-0.25, -0.2) is 9.71 Å². The van der Waals surface area contributed by atoms with E-state index < -0.39 is 15.9 Å². The zero-order chi connectivity index (χ0) is 29.5. The van der Waals surface area contributed by atoms with Gasteiger partial charge < -0.3 is 4.90 Å². The van der Waals surface area contributed by atoms with Crippen LogP contribution in [-0.2, 0) is 21.4 Å². The molecule has 10 nitrogen and oxygen atoms in total. The number of hydrogen-bond acceptors (Lipinski definition) is 7. The first kappa shape index (κ1) is 30.0. The molecule has 40 heavy (non-hydrogen) atoms. The first-order valence-electron chi connectivity index (χ1n) is 14.3. The number of rotatable bonds is 9. The predicted molar refractivity (Wildman–Crippen MR) is 156 cm³/mol. The smallest absolute Gasteiger partial charge is 0.283 e. The second kappa shape index (κ2) is 11.1. The van der Waals surface area contributed by atoms with Gasteiger partial charge in [-0.05, 0) is 75.5 Å². The molecule has 220 valence electrons. The van der Waals surface area contributed by atoms with E-state index in [9.17, 15) is 18.0 Å². The van der Waals surface area contributed by atoms with Crippen LogP contribution in [0.2, 0.25) is 0 Å². The molecule has 2 atom stereocenters. The second-order valence-electron chi connectivity index (χ2n) is 13.2. The minimum absolute atomic E-state index is 0.0478. The van der Waals surface area contributed by atoms with Crippen molar-refractivity contribution in [3.63, 3.8) is 0 Å². The highest BCUT2D eigenvalue weighted by atomic mass is 32.2. The number of anilines is 2. The van der Waals surface area contributed by atoms with Gasteiger partial charge in [0.1, 0.15) is 11.6 Å². The van der Waals surface area contributed by atoms with Gasteiger partial charge in [-0.2, -0.15) is 13.5 Å². The maximum absolute atomic E-state index is 13.5. The zero-order valence-electron chi connectivity index (χ0n) is 24.9. The summed E-state index contributed by atoms with van der Waals surface area (Å²) in [4.78, 5) is 35.5. The molecular formula is C29H44N6O4S. The molecule has 1 N–H and O–H groups in total. The van der Waals surface area contributed by atoms with Crippen LogP contribution >= 0.6 is 0 Å². The van der Waals surface area contributed by atoms with E-state index in [1.54, 1.807) is 23.2 Å². The Labute approximate surface area is 238 Å². The highest BCUT2D eigenvalue weighted by Gasteiger charge is 2.40. The van der Waals surface area contributed by atoms with Crippen LogP contribution in [0.15, 0.2) is 29.4 Å². The van der Waals surface area contributed by atoms with Gasteiger partial charge in [0.25, 0.3) is 15.9 Å². The fourth-order valence-corrected chi connectivity index (χ4v) is 6.75. The van der Waals surface area contributed by atoms with Crippen molar-refractivity contribution in [3.8, 4) is 0 Å². The molecule has 0 saturated carbocycles. The Balaban J connectivity index is 1.65. The highest BCUT2D eigenvalue weighted by molar-refractivity contribution is 7.90. The van der Waals surface area contributed by atoms with Crippen molar-refractivity contribution in [1.29, 1.82) is 0 Å². The van der Waals surface area contributed by atoms with Gasteiger partial charge in [-0.3, -0.25) is 19.2 Å². The molecule has 2 aromatic rings. The highest BCUT2D eigenvalue weighted by Crippen LogP contribution is 2.39. The lowest BCUT2D eigenvalue weighted by Gasteiger charge is -2.34. The molecule has 2 amide bonds. The summed E-state index contributed by atoms with van der Waals surface area (Å²) < 4.78 is 29.8. The maximum Gasteiger partial charge on any atom is 0.283 e. The SMILES string of the molecule is CCCn1ccc(S(=O)(=O)NC(=O)c2ccc(N3CCC(CCC(C)(C)C)C3=O)nc2N2CC(C)CC2(C)C)n1. The van der Waals surface area contributed by atoms with Crippen LogP contribution < -0.4 is 14.5 Å². The van der Waals surface area contributed by atoms with Gasteiger partial charge in [0.15, 0.2) is 5.03 Å². The lowest BCUT2D eigenvalue weighted by atomic mass is 9.86. The van der Waals surface area contributed by atoms with E-state index in [0.29, 0.717) is 37.2 Å². The molecule has 0 aromatic carbocycles. The number of sulfonamides is 1. The van der Waals surface area contributed by atoms with E-state index in [2.05, 4.69) is 56.3 Å². The molecule has 2 aliphatic rings. The molecular weight excluding hydrogens is 528 g/mol. The van der Waals surface area contributed by atoms with Crippen LogP contribution in [0.25, 0.3) is 0 Å². The standard InChI is InChI=1S/C29H44N6O4S/c1-8-15-33-16-13-24(31-33)40(38,39)32-26(36)22-9-10-23(30-25(22)35-19-20(2)18-29(35,6)7)34-17-12-21(27(34)37)11-14-28(3,4)5/h9-10,13,16,20-21H,8,11-12,14-15,17-19H2,1-7H3,(H,32,36). The van der Waals surface area contributed by atoms with Crippen molar-refractivity contribution in [3.05, 3.63) is 30.0 Å². The van der Waals surface area contributed by atoms with Crippen LogP contribution in [0.5, 0.6) is 0 Å². The third kappa shape index (κ3) is 6.50. The van der Waals surface area contributed by atoms with Crippen molar-refractivity contribution in [1.82, 2.24) is 19.5 Å². The third-order valence-corrected chi connectivity index (χ3v) is 9.06. The molecule has 4 heterocycles. The minimum atomic E-state index is -4.19. The summed E-state index contributed by atoms with van der Waals surface area (Å²) in [5.74, 6) is 0.476. The number of aromatic nitrogens is 3. The monoisotopic (exact) mass is 572 g/mol. The summed E-state index contributed by atoms with van der Waals surface area (Å²) in [6, 6.07) is 4.62. The van der Waals surface area contributed by atoms with E-state index >= 15 is 0 Å². The van der Waals surface area contributed by atoms with Crippen LogP contribution in [-0.4, -0.2) is 53.6 Å². The largest absolute Gasteiger partial charge is 0.350 e. The van der Waals surface area contributed by atoms with Gasteiger partial charge in [-0.1, -0.05) is 34.6 Å². The Morgan fingerprint density at radius 3 is 2.55 bits per heavy atom. The molecule has 4 rings (SSSR count).